The van der Waals surface area contributed by atoms with Crippen LogP contribution in [0.25, 0.3) is 0 Å². The standard InChI is InChI=1S/C20H22ClN3O2/c1-23(2)19(25)14-6-5-7-15(12-14)20(26)24-11-10-22-13-18(24)16-8-3-4-9-17(16)21/h3-9,12,18,22H,10-11,13H2,1-2H3. The molecule has 0 spiro atoms. The Kier molecular flexibility index (Phi) is 5.59. The highest BCUT2D eigenvalue weighted by Crippen LogP contribution is 2.29. The lowest BCUT2D eigenvalue weighted by atomic mass is 10.0. The molecule has 1 heterocycles. The van der Waals surface area contributed by atoms with E-state index in [0.29, 0.717) is 29.2 Å². The number of rotatable bonds is 3. The molecule has 1 aliphatic heterocycles. The van der Waals surface area contributed by atoms with Crippen LogP contribution in [0.3, 0.4) is 0 Å². The van der Waals surface area contributed by atoms with Gasteiger partial charge in [-0.2, -0.15) is 0 Å². The van der Waals surface area contributed by atoms with Gasteiger partial charge in [-0.25, -0.2) is 0 Å². The maximum atomic E-state index is 13.2. The molecule has 1 unspecified atom stereocenters. The largest absolute Gasteiger partial charge is 0.345 e. The van der Waals surface area contributed by atoms with E-state index in [1.807, 2.05) is 29.2 Å². The molecule has 2 aromatic carbocycles. The number of carbonyl (C=O) groups excluding carboxylic acids is 2. The average Bonchev–Trinajstić information content (AvgIpc) is 2.67. The zero-order valence-electron chi connectivity index (χ0n) is 14.9. The van der Waals surface area contributed by atoms with Crippen molar-refractivity contribution in [3.63, 3.8) is 0 Å². The van der Waals surface area contributed by atoms with Crippen molar-refractivity contribution in [2.45, 2.75) is 6.04 Å². The summed E-state index contributed by atoms with van der Waals surface area (Å²) in [7, 11) is 3.39. The third-order valence-corrected chi connectivity index (χ3v) is 4.88. The van der Waals surface area contributed by atoms with Crippen molar-refractivity contribution in [3.05, 3.63) is 70.2 Å². The van der Waals surface area contributed by atoms with Gasteiger partial charge < -0.3 is 15.1 Å². The molecule has 0 aromatic heterocycles. The van der Waals surface area contributed by atoms with E-state index in [0.717, 1.165) is 12.1 Å². The first-order valence-electron chi connectivity index (χ1n) is 8.57. The van der Waals surface area contributed by atoms with E-state index in [1.54, 1.807) is 38.4 Å². The van der Waals surface area contributed by atoms with Crippen LogP contribution in [-0.2, 0) is 0 Å². The van der Waals surface area contributed by atoms with Crippen molar-refractivity contribution in [1.82, 2.24) is 15.1 Å². The maximum Gasteiger partial charge on any atom is 0.254 e. The molecule has 5 nitrogen and oxygen atoms in total. The van der Waals surface area contributed by atoms with Crippen LogP contribution in [0.15, 0.2) is 48.5 Å². The predicted octanol–water partition coefficient (Wildman–Crippen LogP) is 2.83. The quantitative estimate of drug-likeness (QED) is 0.902. The maximum absolute atomic E-state index is 13.2. The third-order valence-electron chi connectivity index (χ3n) is 4.53. The van der Waals surface area contributed by atoms with Crippen molar-refractivity contribution in [2.24, 2.45) is 0 Å². The molecule has 26 heavy (non-hydrogen) atoms. The summed E-state index contributed by atoms with van der Waals surface area (Å²) in [6.07, 6.45) is 0. The molecule has 2 aromatic rings. The summed E-state index contributed by atoms with van der Waals surface area (Å²) in [6, 6.07) is 14.3. The van der Waals surface area contributed by atoms with Gasteiger partial charge in [0.15, 0.2) is 0 Å². The van der Waals surface area contributed by atoms with E-state index in [-0.39, 0.29) is 17.9 Å². The smallest absolute Gasteiger partial charge is 0.254 e. The van der Waals surface area contributed by atoms with Crippen molar-refractivity contribution in [1.29, 1.82) is 0 Å². The molecule has 1 N–H and O–H groups in total. The number of nitrogens with zero attached hydrogens (tertiary/aromatic N) is 2. The molecule has 1 aliphatic rings. The first-order valence-corrected chi connectivity index (χ1v) is 8.94. The summed E-state index contributed by atoms with van der Waals surface area (Å²) >= 11 is 6.36. The fraction of sp³-hybridized carbons (Fsp3) is 0.300. The minimum atomic E-state index is -0.141. The Balaban J connectivity index is 1.91. The minimum Gasteiger partial charge on any atom is -0.345 e. The zero-order valence-corrected chi connectivity index (χ0v) is 15.7. The fourth-order valence-electron chi connectivity index (χ4n) is 3.18. The Morgan fingerprint density at radius 2 is 1.85 bits per heavy atom. The molecule has 0 bridgehead atoms. The Labute approximate surface area is 158 Å². The van der Waals surface area contributed by atoms with Crippen LogP contribution >= 0.6 is 11.6 Å². The van der Waals surface area contributed by atoms with E-state index in [4.69, 9.17) is 11.6 Å². The molecule has 1 fully saturated rings. The van der Waals surface area contributed by atoms with Crippen molar-refractivity contribution in [2.75, 3.05) is 33.7 Å². The second kappa shape index (κ2) is 7.89. The van der Waals surface area contributed by atoms with E-state index < -0.39 is 0 Å². The van der Waals surface area contributed by atoms with Gasteiger partial charge in [-0.15, -0.1) is 0 Å². The molecule has 1 atom stereocenters. The fourth-order valence-corrected chi connectivity index (χ4v) is 3.44. The average molecular weight is 372 g/mol. The predicted molar refractivity (Wildman–Crippen MR) is 103 cm³/mol. The van der Waals surface area contributed by atoms with Crippen LogP contribution in [-0.4, -0.2) is 55.3 Å². The molecule has 0 aliphatic carbocycles. The van der Waals surface area contributed by atoms with Crippen LogP contribution in [0.4, 0.5) is 0 Å². The summed E-state index contributed by atoms with van der Waals surface area (Å²) < 4.78 is 0. The van der Waals surface area contributed by atoms with Gasteiger partial charge in [0.25, 0.3) is 11.8 Å². The Morgan fingerprint density at radius 1 is 1.12 bits per heavy atom. The lowest BCUT2D eigenvalue weighted by Crippen LogP contribution is -2.48. The number of hydrogen-bond donors (Lipinski definition) is 1. The number of benzene rings is 2. The van der Waals surface area contributed by atoms with Gasteiger partial charge in [-0.1, -0.05) is 35.9 Å². The zero-order chi connectivity index (χ0) is 18.7. The highest BCUT2D eigenvalue weighted by Gasteiger charge is 2.30. The number of carbonyl (C=O) groups is 2. The second-order valence-corrected chi connectivity index (χ2v) is 6.93. The lowest BCUT2D eigenvalue weighted by Gasteiger charge is -2.37. The van der Waals surface area contributed by atoms with Gasteiger partial charge in [0, 0.05) is 49.9 Å². The monoisotopic (exact) mass is 371 g/mol. The van der Waals surface area contributed by atoms with E-state index in [1.165, 1.54) is 4.90 Å². The summed E-state index contributed by atoms with van der Waals surface area (Å²) in [5.41, 5.74) is 1.94. The Hall–Kier alpha value is -2.37. The van der Waals surface area contributed by atoms with Crippen molar-refractivity contribution in [3.8, 4) is 0 Å². The molecule has 1 saturated heterocycles. The van der Waals surface area contributed by atoms with Gasteiger partial charge >= 0.3 is 0 Å². The topological polar surface area (TPSA) is 52.7 Å². The van der Waals surface area contributed by atoms with Crippen LogP contribution in [0, 0.1) is 0 Å². The van der Waals surface area contributed by atoms with Crippen LogP contribution < -0.4 is 5.32 Å². The SMILES string of the molecule is CN(C)C(=O)c1cccc(C(=O)N2CCNCC2c2ccccc2Cl)c1. The number of halogens is 1. The van der Waals surface area contributed by atoms with E-state index >= 15 is 0 Å². The van der Waals surface area contributed by atoms with E-state index in [2.05, 4.69) is 5.32 Å². The van der Waals surface area contributed by atoms with Gasteiger partial charge in [-0.05, 0) is 29.8 Å². The lowest BCUT2D eigenvalue weighted by molar-refractivity contribution is 0.0634. The Bertz CT molecular complexity index is 822. The minimum absolute atomic E-state index is 0.0928. The van der Waals surface area contributed by atoms with Crippen molar-refractivity contribution < 1.29 is 9.59 Å². The molecule has 3 rings (SSSR count). The van der Waals surface area contributed by atoms with E-state index in [9.17, 15) is 9.59 Å². The number of hydrogen-bond acceptors (Lipinski definition) is 3. The Morgan fingerprint density at radius 3 is 2.58 bits per heavy atom. The summed E-state index contributed by atoms with van der Waals surface area (Å²) in [4.78, 5) is 28.7. The number of amides is 2. The van der Waals surface area contributed by atoms with Gasteiger partial charge in [0.05, 0.1) is 6.04 Å². The number of piperazine rings is 1. The molecule has 2 amide bonds. The first-order chi connectivity index (χ1) is 12.5. The van der Waals surface area contributed by atoms with Gasteiger partial charge in [0.2, 0.25) is 0 Å². The van der Waals surface area contributed by atoms with Gasteiger partial charge in [-0.3, -0.25) is 9.59 Å². The highest BCUT2D eigenvalue weighted by atomic mass is 35.5. The number of nitrogens with one attached hydrogen (secondary N) is 1. The second-order valence-electron chi connectivity index (χ2n) is 6.52. The van der Waals surface area contributed by atoms with Crippen LogP contribution in [0.2, 0.25) is 5.02 Å². The summed E-state index contributed by atoms with van der Waals surface area (Å²) in [6.45, 7) is 1.95. The highest BCUT2D eigenvalue weighted by molar-refractivity contribution is 6.31. The summed E-state index contributed by atoms with van der Waals surface area (Å²) in [5, 5.41) is 3.98. The molecule has 0 saturated carbocycles. The molecule has 136 valence electrons. The van der Waals surface area contributed by atoms with Gasteiger partial charge in [0.1, 0.15) is 0 Å². The van der Waals surface area contributed by atoms with Crippen molar-refractivity contribution >= 4 is 23.4 Å². The molecule has 0 radical (unpaired) electrons. The molecular formula is C20H22ClN3O2. The van der Waals surface area contributed by atoms with Crippen LogP contribution in [0.5, 0.6) is 0 Å². The van der Waals surface area contributed by atoms with Crippen LogP contribution in [0.1, 0.15) is 32.3 Å². The normalized spacial score (nSPS) is 17.0. The molecule has 6 heteroatoms. The molecular weight excluding hydrogens is 350 g/mol. The summed E-state index contributed by atoms with van der Waals surface area (Å²) in [5.74, 6) is -0.215. The third kappa shape index (κ3) is 3.74. The first kappa shape index (κ1) is 18.4.